The first-order valence-electron chi connectivity index (χ1n) is 8.33. The molecule has 0 saturated carbocycles. The summed E-state index contributed by atoms with van der Waals surface area (Å²) in [6.07, 6.45) is 4.08. The summed E-state index contributed by atoms with van der Waals surface area (Å²) in [6, 6.07) is 3.64. The number of carbonyl (C=O) groups excluding carboxylic acids is 1. The molecule has 3 aromatic rings. The van der Waals surface area contributed by atoms with Crippen molar-refractivity contribution in [1.29, 1.82) is 0 Å². The molecule has 1 fully saturated rings. The molecule has 0 bridgehead atoms. The first kappa shape index (κ1) is 16.9. The van der Waals surface area contributed by atoms with Gasteiger partial charge in [0.2, 0.25) is 5.58 Å². The summed E-state index contributed by atoms with van der Waals surface area (Å²) in [6.45, 7) is 5.19. The van der Waals surface area contributed by atoms with Gasteiger partial charge in [-0.3, -0.25) is 9.78 Å². The number of carbonyl (C=O) groups is 1. The second-order valence-electron chi connectivity index (χ2n) is 6.39. The van der Waals surface area contributed by atoms with Crippen molar-refractivity contribution < 1.29 is 14.1 Å². The van der Waals surface area contributed by atoms with E-state index in [4.69, 9.17) is 20.9 Å². The minimum atomic E-state index is 0.0192. The second kappa shape index (κ2) is 6.66. The van der Waals surface area contributed by atoms with Crippen molar-refractivity contribution in [3.63, 3.8) is 0 Å². The van der Waals surface area contributed by atoms with Crippen molar-refractivity contribution in [2.24, 2.45) is 0 Å². The summed E-state index contributed by atoms with van der Waals surface area (Å²) in [5.74, 6) is 0. The van der Waals surface area contributed by atoms with Crippen molar-refractivity contribution in [3.05, 3.63) is 35.2 Å². The van der Waals surface area contributed by atoms with Gasteiger partial charge in [0.25, 0.3) is 0 Å². The van der Waals surface area contributed by atoms with Gasteiger partial charge in [-0.05, 0) is 26.0 Å². The number of hydrogen-bond donors (Lipinski definition) is 0. The molecule has 0 spiro atoms. The summed E-state index contributed by atoms with van der Waals surface area (Å²) in [5, 5.41) is 4.43. The zero-order valence-corrected chi connectivity index (χ0v) is 15.1. The van der Waals surface area contributed by atoms with E-state index < -0.39 is 0 Å². The topological polar surface area (TPSA) is 81.4 Å². The van der Waals surface area contributed by atoms with Gasteiger partial charge in [0, 0.05) is 31.0 Å². The Labute approximate surface area is 154 Å². The van der Waals surface area contributed by atoms with Gasteiger partial charge in [-0.2, -0.15) is 0 Å². The second-order valence-corrected chi connectivity index (χ2v) is 6.77. The summed E-state index contributed by atoms with van der Waals surface area (Å²) in [4.78, 5) is 22.4. The third-order valence-corrected chi connectivity index (χ3v) is 4.68. The summed E-state index contributed by atoms with van der Waals surface area (Å²) < 4.78 is 11.2. The average molecular weight is 373 g/mol. The predicted octanol–water partition coefficient (Wildman–Crippen LogP) is 3.36. The van der Waals surface area contributed by atoms with Crippen molar-refractivity contribution >= 4 is 34.7 Å². The van der Waals surface area contributed by atoms with Gasteiger partial charge < -0.3 is 14.2 Å². The highest BCUT2D eigenvalue weighted by Gasteiger charge is 2.29. The van der Waals surface area contributed by atoms with E-state index in [2.05, 4.69) is 15.1 Å². The van der Waals surface area contributed by atoms with E-state index in [0.29, 0.717) is 46.9 Å². The lowest BCUT2D eigenvalue weighted by atomic mass is 10.1. The van der Waals surface area contributed by atoms with Crippen LogP contribution < -0.4 is 4.90 Å². The van der Waals surface area contributed by atoms with Gasteiger partial charge in [0.15, 0.2) is 6.29 Å². The fraction of sp³-hybridized carbons (Fsp3) is 0.333. The number of anilines is 1. The fourth-order valence-electron chi connectivity index (χ4n) is 3.36. The van der Waals surface area contributed by atoms with Crippen molar-refractivity contribution in [2.75, 3.05) is 18.0 Å². The van der Waals surface area contributed by atoms with Crippen LogP contribution in [-0.4, -0.2) is 46.7 Å². The number of aromatic nitrogens is 3. The highest BCUT2D eigenvalue weighted by atomic mass is 35.5. The van der Waals surface area contributed by atoms with Crippen LogP contribution >= 0.6 is 11.6 Å². The highest BCUT2D eigenvalue weighted by molar-refractivity contribution is 6.38. The molecule has 2 atom stereocenters. The van der Waals surface area contributed by atoms with Crippen LogP contribution in [0.25, 0.3) is 22.4 Å². The van der Waals surface area contributed by atoms with Crippen LogP contribution in [0.5, 0.6) is 0 Å². The quantitative estimate of drug-likeness (QED) is 0.652. The van der Waals surface area contributed by atoms with Crippen LogP contribution in [0.2, 0.25) is 5.02 Å². The Morgan fingerprint density at radius 3 is 2.73 bits per heavy atom. The van der Waals surface area contributed by atoms with Crippen molar-refractivity contribution in [3.8, 4) is 11.3 Å². The van der Waals surface area contributed by atoms with Crippen molar-refractivity contribution in [1.82, 2.24) is 15.1 Å². The maximum Gasteiger partial charge on any atom is 0.206 e. The number of morpholine rings is 1. The lowest BCUT2D eigenvalue weighted by Gasteiger charge is -2.37. The lowest BCUT2D eigenvalue weighted by Crippen LogP contribution is -2.46. The van der Waals surface area contributed by atoms with Crippen molar-refractivity contribution in [2.45, 2.75) is 26.1 Å². The van der Waals surface area contributed by atoms with Gasteiger partial charge in [-0.15, -0.1) is 0 Å². The molecule has 0 N–H and O–H groups in total. The molecule has 8 heteroatoms. The van der Waals surface area contributed by atoms with E-state index in [-0.39, 0.29) is 17.9 Å². The van der Waals surface area contributed by atoms with Gasteiger partial charge in [-0.1, -0.05) is 16.8 Å². The molecular formula is C18H17ClN4O3. The Bertz CT molecular complexity index is 950. The van der Waals surface area contributed by atoms with E-state index in [1.807, 2.05) is 24.8 Å². The number of aldehydes is 1. The Hall–Kier alpha value is -2.51. The molecule has 7 nitrogen and oxygen atoms in total. The summed E-state index contributed by atoms with van der Waals surface area (Å²) in [7, 11) is 0. The van der Waals surface area contributed by atoms with Crippen LogP contribution in [0.1, 0.15) is 24.3 Å². The minimum Gasteiger partial charge on any atom is -0.372 e. The first-order valence-corrected chi connectivity index (χ1v) is 8.71. The Morgan fingerprint density at radius 2 is 2.08 bits per heavy atom. The third-order valence-electron chi connectivity index (χ3n) is 4.33. The number of halogens is 1. The monoisotopic (exact) mass is 372 g/mol. The number of nitrogens with zero attached hydrogens (tertiary/aromatic N) is 4. The van der Waals surface area contributed by atoms with E-state index in [9.17, 15) is 4.79 Å². The van der Waals surface area contributed by atoms with E-state index >= 15 is 0 Å². The molecule has 26 heavy (non-hydrogen) atoms. The third kappa shape index (κ3) is 2.83. The summed E-state index contributed by atoms with van der Waals surface area (Å²) in [5.41, 5.74) is 2.88. The number of pyridine rings is 2. The van der Waals surface area contributed by atoms with Gasteiger partial charge in [-0.25, -0.2) is 4.98 Å². The molecule has 0 amide bonds. The normalized spacial score (nSPS) is 20.5. The SMILES string of the molecule is C[C@@H]1CN(c2c(C=O)nc3c(-c4cccnc4)noc3c2Cl)C[C@H](C)O1. The largest absolute Gasteiger partial charge is 0.372 e. The fourth-order valence-corrected chi connectivity index (χ4v) is 3.70. The number of fused-ring (bicyclic) bond motifs is 1. The minimum absolute atomic E-state index is 0.0192. The standard InChI is InChI=1S/C18H17ClN4O3/c1-10-7-23(8-11(2)25-10)17-13(9-24)21-16-15(12-4-3-5-20-6-12)22-26-18(16)14(17)19/h3-6,9-11H,7-8H2,1-2H3/t10-,11+. The van der Waals surface area contributed by atoms with Crippen LogP contribution in [0.4, 0.5) is 5.69 Å². The predicted molar refractivity (Wildman–Crippen MR) is 97.7 cm³/mol. The molecule has 0 aromatic carbocycles. The average Bonchev–Trinajstić information content (AvgIpc) is 3.05. The zero-order valence-electron chi connectivity index (χ0n) is 14.3. The molecule has 3 aromatic heterocycles. The van der Waals surface area contributed by atoms with E-state index in [1.165, 1.54) is 0 Å². The highest BCUT2D eigenvalue weighted by Crippen LogP contribution is 2.39. The molecular weight excluding hydrogens is 356 g/mol. The smallest absolute Gasteiger partial charge is 0.206 e. The van der Waals surface area contributed by atoms with Gasteiger partial charge in [0.05, 0.1) is 17.9 Å². The number of hydrogen-bond acceptors (Lipinski definition) is 7. The molecule has 0 radical (unpaired) electrons. The molecule has 134 valence electrons. The molecule has 4 rings (SSSR count). The maximum absolute atomic E-state index is 11.8. The van der Waals surface area contributed by atoms with Crippen LogP contribution in [0, 0.1) is 0 Å². The van der Waals surface area contributed by atoms with Gasteiger partial charge >= 0.3 is 0 Å². The molecule has 0 unspecified atom stereocenters. The Balaban J connectivity index is 1.88. The van der Waals surface area contributed by atoms with Crippen LogP contribution in [0.3, 0.4) is 0 Å². The Kier molecular flexibility index (Phi) is 4.34. The maximum atomic E-state index is 11.8. The molecule has 1 aliphatic heterocycles. The number of ether oxygens (including phenoxy) is 1. The van der Waals surface area contributed by atoms with Gasteiger partial charge in [0.1, 0.15) is 21.9 Å². The Morgan fingerprint density at radius 1 is 1.31 bits per heavy atom. The summed E-state index contributed by atoms with van der Waals surface area (Å²) >= 11 is 6.62. The first-order chi connectivity index (χ1) is 12.6. The lowest BCUT2D eigenvalue weighted by molar-refractivity contribution is -0.00526. The molecule has 1 saturated heterocycles. The molecule has 1 aliphatic rings. The van der Waals surface area contributed by atoms with Crippen LogP contribution in [-0.2, 0) is 4.74 Å². The van der Waals surface area contributed by atoms with E-state index in [1.54, 1.807) is 18.5 Å². The van der Waals surface area contributed by atoms with Crippen LogP contribution in [0.15, 0.2) is 29.0 Å². The molecule has 0 aliphatic carbocycles. The zero-order chi connectivity index (χ0) is 18.3. The van der Waals surface area contributed by atoms with E-state index in [0.717, 1.165) is 5.56 Å². The molecule has 4 heterocycles. The number of rotatable bonds is 3.